The second kappa shape index (κ2) is 6.09. The second-order valence-corrected chi connectivity index (χ2v) is 5.17. The number of rotatable bonds is 7. The van der Waals surface area contributed by atoms with E-state index in [0.29, 0.717) is 36.0 Å². The van der Waals surface area contributed by atoms with Gasteiger partial charge in [0, 0.05) is 12.3 Å². The van der Waals surface area contributed by atoms with Crippen molar-refractivity contribution in [3.8, 4) is 17.1 Å². The number of methoxy groups -OCH3 is 1. The Morgan fingerprint density at radius 3 is 3.00 bits per heavy atom. The van der Waals surface area contributed by atoms with E-state index in [1.165, 1.54) is 12.8 Å². The maximum atomic E-state index is 6.04. The standard InChI is InChI=1S/C14H19N5O2/c1-20-12-4-2-3-11(15)13(12)14-16-17-18-19(14)7-8-21-9-10-5-6-10/h2-4,10H,5-9,15H2,1H3. The molecule has 1 saturated carbocycles. The molecular weight excluding hydrogens is 270 g/mol. The molecule has 0 radical (unpaired) electrons. The van der Waals surface area contributed by atoms with E-state index < -0.39 is 0 Å². The summed E-state index contributed by atoms with van der Waals surface area (Å²) in [5.41, 5.74) is 7.34. The summed E-state index contributed by atoms with van der Waals surface area (Å²) < 4.78 is 12.7. The minimum absolute atomic E-state index is 0.587. The fourth-order valence-corrected chi connectivity index (χ4v) is 2.18. The van der Waals surface area contributed by atoms with E-state index in [1.54, 1.807) is 17.9 Å². The molecule has 1 aromatic carbocycles. The van der Waals surface area contributed by atoms with Crippen LogP contribution in [-0.2, 0) is 11.3 Å². The van der Waals surface area contributed by atoms with Crippen molar-refractivity contribution in [2.75, 3.05) is 26.1 Å². The minimum Gasteiger partial charge on any atom is -0.496 e. The number of nitrogens with two attached hydrogens (primary N) is 1. The Hall–Kier alpha value is -2.15. The van der Waals surface area contributed by atoms with Crippen LogP contribution in [0.25, 0.3) is 11.4 Å². The molecule has 0 spiro atoms. The first-order chi connectivity index (χ1) is 10.3. The van der Waals surface area contributed by atoms with Crippen LogP contribution >= 0.6 is 0 Å². The molecule has 2 aromatic rings. The van der Waals surface area contributed by atoms with Crippen molar-refractivity contribution in [1.82, 2.24) is 20.2 Å². The second-order valence-electron chi connectivity index (χ2n) is 5.17. The normalized spacial score (nSPS) is 14.3. The molecule has 0 aliphatic heterocycles. The van der Waals surface area contributed by atoms with Gasteiger partial charge in [-0.2, -0.15) is 0 Å². The van der Waals surface area contributed by atoms with Gasteiger partial charge in [0.1, 0.15) is 5.75 Å². The van der Waals surface area contributed by atoms with E-state index in [-0.39, 0.29) is 0 Å². The van der Waals surface area contributed by atoms with Crippen LogP contribution in [0, 0.1) is 5.92 Å². The number of nitrogen functional groups attached to an aromatic ring is 1. The third-order valence-corrected chi connectivity index (χ3v) is 3.53. The van der Waals surface area contributed by atoms with Crippen LogP contribution in [0.3, 0.4) is 0 Å². The summed E-state index contributed by atoms with van der Waals surface area (Å²) in [4.78, 5) is 0. The fraction of sp³-hybridized carbons (Fsp3) is 0.500. The van der Waals surface area contributed by atoms with Crippen molar-refractivity contribution < 1.29 is 9.47 Å². The Morgan fingerprint density at radius 2 is 2.24 bits per heavy atom. The summed E-state index contributed by atoms with van der Waals surface area (Å²) in [6.07, 6.45) is 2.57. The number of hydrogen-bond donors (Lipinski definition) is 1. The maximum Gasteiger partial charge on any atom is 0.187 e. The van der Waals surface area contributed by atoms with Gasteiger partial charge in [-0.25, -0.2) is 4.68 Å². The molecule has 1 fully saturated rings. The molecular formula is C14H19N5O2. The summed E-state index contributed by atoms with van der Waals surface area (Å²) in [7, 11) is 1.60. The van der Waals surface area contributed by atoms with E-state index in [0.717, 1.165) is 12.5 Å². The van der Waals surface area contributed by atoms with Crippen LogP contribution in [0.15, 0.2) is 18.2 Å². The van der Waals surface area contributed by atoms with Gasteiger partial charge in [0.25, 0.3) is 0 Å². The zero-order valence-electron chi connectivity index (χ0n) is 12.0. The topological polar surface area (TPSA) is 88.1 Å². The molecule has 7 heteroatoms. The Labute approximate surface area is 123 Å². The lowest BCUT2D eigenvalue weighted by Gasteiger charge is -2.11. The number of nitrogens with zero attached hydrogens (tertiary/aromatic N) is 4. The molecule has 0 bridgehead atoms. The lowest BCUT2D eigenvalue weighted by Crippen LogP contribution is -2.11. The Kier molecular flexibility index (Phi) is 4.01. The third-order valence-electron chi connectivity index (χ3n) is 3.53. The third kappa shape index (κ3) is 3.13. The van der Waals surface area contributed by atoms with Gasteiger partial charge in [0.15, 0.2) is 5.82 Å². The Bertz CT molecular complexity index is 609. The lowest BCUT2D eigenvalue weighted by molar-refractivity contribution is 0.114. The SMILES string of the molecule is COc1cccc(N)c1-c1nnnn1CCOCC1CC1. The summed E-state index contributed by atoms with van der Waals surface area (Å²) in [5, 5.41) is 11.8. The molecule has 3 rings (SSSR count). The molecule has 1 aliphatic carbocycles. The van der Waals surface area contributed by atoms with Crippen molar-refractivity contribution in [2.24, 2.45) is 5.92 Å². The van der Waals surface area contributed by atoms with Crippen molar-refractivity contribution >= 4 is 5.69 Å². The molecule has 0 amide bonds. The summed E-state index contributed by atoms with van der Waals surface area (Å²) in [6.45, 7) is 2.00. The van der Waals surface area contributed by atoms with Crippen molar-refractivity contribution in [3.05, 3.63) is 18.2 Å². The van der Waals surface area contributed by atoms with Crippen LogP contribution in [0.5, 0.6) is 5.75 Å². The van der Waals surface area contributed by atoms with Crippen molar-refractivity contribution in [1.29, 1.82) is 0 Å². The number of hydrogen-bond acceptors (Lipinski definition) is 6. The lowest BCUT2D eigenvalue weighted by atomic mass is 10.1. The predicted octanol–water partition coefficient (Wildman–Crippen LogP) is 1.36. The maximum absolute atomic E-state index is 6.04. The monoisotopic (exact) mass is 289 g/mol. The number of benzene rings is 1. The zero-order chi connectivity index (χ0) is 14.7. The van der Waals surface area contributed by atoms with E-state index in [9.17, 15) is 0 Å². The van der Waals surface area contributed by atoms with Gasteiger partial charge in [-0.3, -0.25) is 0 Å². The Morgan fingerprint density at radius 1 is 1.38 bits per heavy atom. The van der Waals surface area contributed by atoms with E-state index in [2.05, 4.69) is 15.5 Å². The highest BCUT2D eigenvalue weighted by atomic mass is 16.5. The van der Waals surface area contributed by atoms with Crippen molar-refractivity contribution in [3.63, 3.8) is 0 Å². The quantitative estimate of drug-likeness (QED) is 0.611. The minimum atomic E-state index is 0.587. The average molecular weight is 289 g/mol. The zero-order valence-corrected chi connectivity index (χ0v) is 12.0. The molecule has 112 valence electrons. The molecule has 0 atom stereocenters. The van der Waals surface area contributed by atoms with Crippen LogP contribution in [0.4, 0.5) is 5.69 Å². The van der Waals surface area contributed by atoms with Crippen molar-refractivity contribution in [2.45, 2.75) is 19.4 Å². The number of aromatic nitrogens is 4. The van der Waals surface area contributed by atoms with Crippen LogP contribution in [0.1, 0.15) is 12.8 Å². The van der Waals surface area contributed by atoms with Crippen LogP contribution in [0.2, 0.25) is 0 Å². The van der Waals surface area contributed by atoms with E-state index >= 15 is 0 Å². The first-order valence-corrected chi connectivity index (χ1v) is 7.06. The van der Waals surface area contributed by atoms with Gasteiger partial charge in [0.2, 0.25) is 0 Å². The largest absolute Gasteiger partial charge is 0.496 e. The molecule has 0 unspecified atom stereocenters. The van der Waals surface area contributed by atoms with Gasteiger partial charge in [0.05, 0.1) is 25.8 Å². The molecule has 21 heavy (non-hydrogen) atoms. The predicted molar refractivity (Wildman–Crippen MR) is 77.8 cm³/mol. The summed E-state index contributed by atoms with van der Waals surface area (Å²) in [5.74, 6) is 2.01. The van der Waals surface area contributed by atoms with E-state index in [4.69, 9.17) is 15.2 Å². The summed E-state index contributed by atoms with van der Waals surface area (Å²) >= 11 is 0. The molecule has 1 aromatic heterocycles. The smallest absolute Gasteiger partial charge is 0.187 e. The average Bonchev–Trinajstić information content (AvgIpc) is 3.21. The van der Waals surface area contributed by atoms with Gasteiger partial charge < -0.3 is 15.2 Å². The molecule has 2 N–H and O–H groups in total. The highest BCUT2D eigenvalue weighted by Crippen LogP contribution is 2.33. The number of anilines is 1. The van der Waals surface area contributed by atoms with E-state index in [1.807, 2.05) is 12.1 Å². The summed E-state index contributed by atoms with van der Waals surface area (Å²) in [6, 6.07) is 5.49. The molecule has 7 nitrogen and oxygen atoms in total. The Balaban J connectivity index is 1.74. The van der Waals surface area contributed by atoms with Gasteiger partial charge in [-0.05, 0) is 41.3 Å². The molecule has 1 heterocycles. The highest BCUT2D eigenvalue weighted by Gasteiger charge is 2.21. The van der Waals surface area contributed by atoms with Gasteiger partial charge >= 0.3 is 0 Å². The van der Waals surface area contributed by atoms with Crippen LogP contribution in [-0.4, -0.2) is 40.5 Å². The van der Waals surface area contributed by atoms with Gasteiger partial charge in [-0.15, -0.1) is 5.10 Å². The first-order valence-electron chi connectivity index (χ1n) is 7.06. The number of ether oxygens (including phenoxy) is 2. The highest BCUT2D eigenvalue weighted by molar-refractivity contribution is 5.77. The van der Waals surface area contributed by atoms with Gasteiger partial charge in [-0.1, -0.05) is 6.07 Å². The van der Waals surface area contributed by atoms with Crippen LogP contribution < -0.4 is 10.5 Å². The molecule has 1 aliphatic rings. The fourth-order valence-electron chi connectivity index (χ4n) is 2.18. The molecule has 0 saturated heterocycles. The number of tetrazole rings is 1. The first kappa shape index (κ1) is 13.8.